The molecule has 0 saturated heterocycles. The Bertz CT molecular complexity index is 511. The third kappa shape index (κ3) is 3.49. The average Bonchev–Trinajstić information content (AvgIpc) is 2.33. The summed E-state index contributed by atoms with van der Waals surface area (Å²) in [4.78, 5) is 15.8. The normalized spacial score (nSPS) is 10.2. The Morgan fingerprint density at radius 2 is 1.76 bits per heavy atom. The summed E-state index contributed by atoms with van der Waals surface area (Å²) in [7, 11) is 0. The molecular weight excluding hydrogens is 278 g/mol. The van der Waals surface area contributed by atoms with Crippen LogP contribution in [0.2, 0.25) is 0 Å². The molecule has 0 unspecified atom stereocenters. The molecule has 1 aromatic carbocycles. The number of carbonyl (C=O) groups excluding carboxylic acids is 1. The molecule has 0 radical (unpaired) electrons. The van der Waals surface area contributed by atoms with Gasteiger partial charge in [-0.2, -0.15) is 0 Å². The summed E-state index contributed by atoms with van der Waals surface area (Å²) in [6, 6.07) is 11.6. The largest absolute Gasteiger partial charge is 0.299 e. The molecule has 0 saturated carbocycles. The van der Waals surface area contributed by atoms with Gasteiger partial charge in [0, 0.05) is 29.7 Å². The lowest BCUT2D eigenvalue weighted by atomic mass is 10.0. The predicted octanol–water partition coefficient (Wildman–Crippen LogP) is 3.20. The third-order valence-corrected chi connectivity index (χ3v) is 3.27. The molecule has 0 N–H and O–H groups in total. The van der Waals surface area contributed by atoms with E-state index in [-0.39, 0.29) is 5.78 Å². The molecule has 0 fully saturated rings. The predicted molar refractivity (Wildman–Crippen MR) is 70.8 cm³/mol. The Balaban J connectivity index is 2.01. The van der Waals surface area contributed by atoms with Crippen LogP contribution in [0.1, 0.15) is 11.1 Å². The first kappa shape index (κ1) is 12.0. The summed E-state index contributed by atoms with van der Waals surface area (Å²) in [5.74, 6) is 0.211. The van der Waals surface area contributed by atoms with E-state index in [0.717, 1.165) is 15.6 Å². The SMILES string of the molecule is O=C(Cc1ccncc1)Cc1ccccc1Br. The quantitative estimate of drug-likeness (QED) is 0.865. The van der Waals surface area contributed by atoms with Gasteiger partial charge in [0.2, 0.25) is 0 Å². The summed E-state index contributed by atoms with van der Waals surface area (Å²) in [5.41, 5.74) is 2.05. The Labute approximate surface area is 109 Å². The summed E-state index contributed by atoms with van der Waals surface area (Å²) in [6.07, 6.45) is 4.34. The zero-order valence-electron chi connectivity index (χ0n) is 9.27. The van der Waals surface area contributed by atoms with Crippen molar-refractivity contribution in [2.45, 2.75) is 12.8 Å². The van der Waals surface area contributed by atoms with E-state index in [2.05, 4.69) is 20.9 Å². The van der Waals surface area contributed by atoms with Crippen LogP contribution >= 0.6 is 15.9 Å². The van der Waals surface area contributed by atoms with Crippen LogP contribution in [0.3, 0.4) is 0 Å². The lowest BCUT2D eigenvalue weighted by Crippen LogP contribution is -2.06. The van der Waals surface area contributed by atoms with E-state index >= 15 is 0 Å². The van der Waals surface area contributed by atoms with Crippen LogP contribution in [-0.2, 0) is 17.6 Å². The molecule has 2 aromatic rings. The van der Waals surface area contributed by atoms with Crippen LogP contribution in [0.5, 0.6) is 0 Å². The minimum absolute atomic E-state index is 0.211. The molecule has 2 nitrogen and oxygen atoms in total. The number of benzene rings is 1. The van der Waals surface area contributed by atoms with Crippen molar-refractivity contribution < 1.29 is 4.79 Å². The van der Waals surface area contributed by atoms with Gasteiger partial charge in [-0.25, -0.2) is 0 Å². The van der Waals surface area contributed by atoms with Gasteiger partial charge in [-0.05, 0) is 29.3 Å². The number of carbonyl (C=O) groups is 1. The van der Waals surface area contributed by atoms with Crippen LogP contribution in [-0.4, -0.2) is 10.8 Å². The number of rotatable bonds is 4. The topological polar surface area (TPSA) is 30.0 Å². The first-order valence-corrected chi connectivity index (χ1v) is 6.19. The van der Waals surface area contributed by atoms with Gasteiger partial charge in [0.1, 0.15) is 5.78 Å². The number of nitrogens with zero attached hydrogens (tertiary/aromatic N) is 1. The monoisotopic (exact) mass is 289 g/mol. The van der Waals surface area contributed by atoms with E-state index in [4.69, 9.17) is 0 Å². The molecule has 0 amide bonds. The van der Waals surface area contributed by atoms with Crippen molar-refractivity contribution in [1.29, 1.82) is 0 Å². The van der Waals surface area contributed by atoms with Crippen LogP contribution in [0.4, 0.5) is 0 Å². The van der Waals surface area contributed by atoms with Crippen molar-refractivity contribution >= 4 is 21.7 Å². The van der Waals surface area contributed by atoms with Gasteiger partial charge in [0.15, 0.2) is 0 Å². The van der Waals surface area contributed by atoms with Crippen LogP contribution in [0.25, 0.3) is 0 Å². The Kier molecular flexibility index (Phi) is 4.04. The van der Waals surface area contributed by atoms with Crippen molar-refractivity contribution in [2.24, 2.45) is 0 Å². The molecule has 2 rings (SSSR count). The first-order valence-electron chi connectivity index (χ1n) is 5.40. The number of hydrogen-bond donors (Lipinski definition) is 0. The van der Waals surface area contributed by atoms with E-state index in [1.807, 2.05) is 36.4 Å². The number of pyridine rings is 1. The van der Waals surface area contributed by atoms with Crippen LogP contribution in [0, 0.1) is 0 Å². The highest BCUT2D eigenvalue weighted by molar-refractivity contribution is 9.10. The standard InChI is InChI=1S/C14H12BrNO/c15-14-4-2-1-3-12(14)10-13(17)9-11-5-7-16-8-6-11/h1-8H,9-10H2. The van der Waals surface area contributed by atoms with Crippen molar-refractivity contribution in [2.75, 3.05) is 0 Å². The van der Waals surface area contributed by atoms with E-state index < -0.39 is 0 Å². The second kappa shape index (κ2) is 5.73. The number of Topliss-reactive ketones (excluding diaryl/α,β-unsaturated/α-hetero) is 1. The molecule has 0 spiro atoms. The Morgan fingerprint density at radius 3 is 2.47 bits per heavy atom. The van der Waals surface area contributed by atoms with Crippen LogP contribution in [0.15, 0.2) is 53.3 Å². The van der Waals surface area contributed by atoms with E-state index in [1.54, 1.807) is 12.4 Å². The molecule has 0 aliphatic carbocycles. The fourth-order valence-corrected chi connectivity index (χ4v) is 2.07. The molecule has 0 aliphatic heterocycles. The molecule has 86 valence electrons. The smallest absolute Gasteiger partial charge is 0.141 e. The molecule has 1 heterocycles. The number of hydrogen-bond acceptors (Lipinski definition) is 2. The van der Waals surface area contributed by atoms with Crippen molar-refractivity contribution in [1.82, 2.24) is 4.98 Å². The Hall–Kier alpha value is -1.48. The molecule has 0 bridgehead atoms. The average molecular weight is 290 g/mol. The summed E-state index contributed by atoms with van der Waals surface area (Å²) in [6.45, 7) is 0. The fraction of sp³-hybridized carbons (Fsp3) is 0.143. The summed E-state index contributed by atoms with van der Waals surface area (Å²) >= 11 is 3.45. The lowest BCUT2D eigenvalue weighted by molar-refractivity contribution is -0.117. The van der Waals surface area contributed by atoms with Gasteiger partial charge in [-0.15, -0.1) is 0 Å². The molecular formula is C14H12BrNO. The van der Waals surface area contributed by atoms with E-state index in [9.17, 15) is 4.79 Å². The molecule has 0 atom stereocenters. The van der Waals surface area contributed by atoms with Gasteiger partial charge in [0.05, 0.1) is 0 Å². The van der Waals surface area contributed by atoms with Gasteiger partial charge < -0.3 is 0 Å². The minimum Gasteiger partial charge on any atom is -0.299 e. The fourth-order valence-electron chi connectivity index (χ4n) is 1.64. The second-order valence-corrected chi connectivity index (χ2v) is 4.69. The van der Waals surface area contributed by atoms with E-state index in [1.165, 1.54) is 0 Å². The highest BCUT2D eigenvalue weighted by atomic mass is 79.9. The molecule has 0 aliphatic rings. The van der Waals surface area contributed by atoms with Crippen molar-refractivity contribution in [3.8, 4) is 0 Å². The van der Waals surface area contributed by atoms with Gasteiger partial charge in [-0.1, -0.05) is 34.1 Å². The molecule has 1 aromatic heterocycles. The van der Waals surface area contributed by atoms with Gasteiger partial charge in [0.25, 0.3) is 0 Å². The highest BCUT2D eigenvalue weighted by Crippen LogP contribution is 2.17. The highest BCUT2D eigenvalue weighted by Gasteiger charge is 2.07. The van der Waals surface area contributed by atoms with Crippen molar-refractivity contribution in [3.05, 3.63) is 64.4 Å². The van der Waals surface area contributed by atoms with Crippen molar-refractivity contribution in [3.63, 3.8) is 0 Å². The third-order valence-electron chi connectivity index (χ3n) is 2.50. The number of aromatic nitrogens is 1. The minimum atomic E-state index is 0.211. The maximum absolute atomic E-state index is 11.9. The van der Waals surface area contributed by atoms with Gasteiger partial charge in [-0.3, -0.25) is 9.78 Å². The second-order valence-electron chi connectivity index (χ2n) is 3.84. The summed E-state index contributed by atoms with van der Waals surface area (Å²) < 4.78 is 0.989. The lowest BCUT2D eigenvalue weighted by Gasteiger charge is -2.03. The summed E-state index contributed by atoms with van der Waals surface area (Å²) in [5, 5.41) is 0. The molecule has 17 heavy (non-hydrogen) atoms. The Morgan fingerprint density at radius 1 is 1.06 bits per heavy atom. The maximum Gasteiger partial charge on any atom is 0.141 e. The van der Waals surface area contributed by atoms with Gasteiger partial charge >= 0.3 is 0 Å². The first-order chi connectivity index (χ1) is 8.25. The number of halogens is 1. The van der Waals surface area contributed by atoms with E-state index in [0.29, 0.717) is 12.8 Å². The number of ketones is 1. The van der Waals surface area contributed by atoms with Crippen LogP contribution < -0.4 is 0 Å². The zero-order chi connectivity index (χ0) is 12.1. The zero-order valence-corrected chi connectivity index (χ0v) is 10.9. The maximum atomic E-state index is 11.9. The molecule has 3 heteroatoms.